The minimum atomic E-state index is -0.782. The molecule has 0 spiro atoms. The Morgan fingerprint density at radius 1 is 0.879 bits per heavy atom. The van der Waals surface area contributed by atoms with Crippen LogP contribution in [-0.2, 0) is 4.79 Å². The Morgan fingerprint density at radius 2 is 1.52 bits per heavy atom. The van der Waals surface area contributed by atoms with Gasteiger partial charge in [0.05, 0.1) is 24.4 Å². The van der Waals surface area contributed by atoms with Crippen molar-refractivity contribution in [2.45, 2.75) is 111 Å². The topological polar surface area (TPSA) is 98.0 Å². The average Bonchev–Trinajstić information content (AvgIpc) is 3.10. The van der Waals surface area contributed by atoms with Crippen molar-refractivity contribution >= 4 is 5.78 Å². The smallest absolute Gasteiger partial charge is 0.136 e. The molecule has 0 aromatic heterocycles. The zero-order chi connectivity index (χ0) is 24.5. The lowest BCUT2D eigenvalue weighted by molar-refractivity contribution is -0.175. The fraction of sp³-hybridized carbons (Fsp3) is 0.964. The molecule has 190 valence electrons. The number of hydrogen-bond acceptors (Lipinski definition) is 5. The summed E-state index contributed by atoms with van der Waals surface area (Å²) in [7, 11) is 0. The van der Waals surface area contributed by atoms with Crippen LogP contribution in [0.4, 0.5) is 0 Å². The Morgan fingerprint density at radius 3 is 2.15 bits per heavy atom. The van der Waals surface area contributed by atoms with E-state index < -0.39 is 24.4 Å². The molecule has 0 aromatic rings. The largest absolute Gasteiger partial charge is 0.390 e. The summed E-state index contributed by atoms with van der Waals surface area (Å²) in [4.78, 5) is 13.3. The van der Waals surface area contributed by atoms with Crippen LogP contribution >= 0.6 is 0 Å². The van der Waals surface area contributed by atoms with Crippen LogP contribution in [0.5, 0.6) is 0 Å². The third-order valence-corrected chi connectivity index (χ3v) is 11.7. The lowest BCUT2D eigenvalue weighted by Crippen LogP contribution is -2.59. The van der Waals surface area contributed by atoms with Crippen molar-refractivity contribution in [3.8, 4) is 0 Å². The highest BCUT2D eigenvalue weighted by Crippen LogP contribution is 2.67. The van der Waals surface area contributed by atoms with Gasteiger partial charge in [-0.1, -0.05) is 41.5 Å². The summed E-state index contributed by atoms with van der Waals surface area (Å²) in [5.74, 6) is 2.05. The molecule has 0 saturated heterocycles. The zero-order valence-electron chi connectivity index (χ0n) is 21.6. The molecule has 5 nitrogen and oxygen atoms in total. The maximum absolute atomic E-state index is 13.3. The van der Waals surface area contributed by atoms with Crippen LogP contribution in [-0.4, -0.2) is 50.6 Å². The molecule has 0 aliphatic heterocycles. The van der Waals surface area contributed by atoms with Crippen LogP contribution in [0, 0.1) is 58.2 Å². The first-order chi connectivity index (χ1) is 15.3. The molecule has 4 saturated carbocycles. The second-order valence-corrected chi connectivity index (χ2v) is 13.4. The Hall–Kier alpha value is -0.490. The number of ketones is 1. The molecule has 0 bridgehead atoms. The van der Waals surface area contributed by atoms with Crippen LogP contribution in [0.15, 0.2) is 0 Å². The van der Waals surface area contributed by atoms with Crippen molar-refractivity contribution in [3.63, 3.8) is 0 Å². The number of aliphatic hydroxyl groups excluding tert-OH is 4. The first-order valence-electron chi connectivity index (χ1n) is 13.6. The second-order valence-electron chi connectivity index (χ2n) is 13.4. The molecule has 0 radical (unpaired) electrons. The van der Waals surface area contributed by atoms with Gasteiger partial charge >= 0.3 is 0 Å². The van der Waals surface area contributed by atoms with E-state index in [0.717, 1.165) is 25.7 Å². The number of fused-ring (bicyclic) bond motifs is 5. The molecule has 4 fully saturated rings. The van der Waals surface area contributed by atoms with Gasteiger partial charge in [-0.25, -0.2) is 0 Å². The summed E-state index contributed by atoms with van der Waals surface area (Å²) in [6, 6.07) is 0. The molecule has 13 atom stereocenters. The molecule has 4 rings (SSSR count). The number of rotatable bonds is 5. The fourth-order valence-electron chi connectivity index (χ4n) is 9.23. The van der Waals surface area contributed by atoms with Gasteiger partial charge in [-0.15, -0.1) is 0 Å². The van der Waals surface area contributed by atoms with Gasteiger partial charge in [-0.3, -0.25) is 4.79 Å². The van der Waals surface area contributed by atoms with E-state index in [1.54, 1.807) is 0 Å². The van der Waals surface area contributed by atoms with E-state index in [9.17, 15) is 25.2 Å². The van der Waals surface area contributed by atoms with Gasteiger partial charge in [0.2, 0.25) is 0 Å². The minimum Gasteiger partial charge on any atom is -0.390 e. The highest BCUT2D eigenvalue weighted by Gasteiger charge is 2.63. The lowest BCUT2D eigenvalue weighted by Gasteiger charge is -2.61. The summed E-state index contributed by atoms with van der Waals surface area (Å²) in [6.07, 6.45) is 2.80. The maximum atomic E-state index is 13.3. The predicted molar refractivity (Wildman–Crippen MR) is 128 cm³/mol. The summed E-state index contributed by atoms with van der Waals surface area (Å²) in [6.45, 7) is 12.9. The molecule has 0 aromatic carbocycles. The third-order valence-electron chi connectivity index (χ3n) is 11.7. The predicted octanol–water partition coefficient (Wildman–Crippen LogP) is 3.81. The fourth-order valence-corrected chi connectivity index (χ4v) is 9.23. The van der Waals surface area contributed by atoms with E-state index in [0.29, 0.717) is 48.9 Å². The number of hydrogen-bond donors (Lipinski definition) is 4. The van der Waals surface area contributed by atoms with E-state index in [1.807, 2.05) is 6.92 Å². The van der Waals surface area contributed by atoms with E-state index >= 15 is 0 Å². The van der Waals surface area contributed by atoms with Crippen LogP contribution in [0.3, 0.4) is 0 Å². The van der Waals surface area contributed by atoms with Gasteiger partial charge < -0.3 is 20.4 Å². The molecule has 0 heterocycles. The van der Waals surface area contributed by atoms with Gasteiger partial charge in [0.1, 0.15) is 5.78 Å². The van der Waals surface area contributed by atoms with Gasteiger partial charge in [-0.05, 0) is 90.8 Å². The average molecular weight is 465 g/mol. The molecule has 0 amide bonds. The monoisotopic (exact) mass is 464 g/mol. The van der Waals surface area contributed by atoms with Gasteiger partial charge in [0.25, 0.3) is 0 Å². The molecule has 4 aliphatic carbocycles. The molecule has 4 N–H and O–H groups in total. The van der Waals surface area contributed by atoms with Gasteiger partial charge in [0, 0.05) is 12.3 Å². The summed E-state index contributed by atoms with van der Waals surface area (Å²) < 4.78 is 0. The molecule has 1 unspecified atom stereocenters. The normalized spacial score (nSPS) is 49.1. The van der Waals surface area contributed by atoms with Crippen LogP contribution in [0.2, 0.25) is 0 Å². The maximum Gasteiger partial charge on any atom is 0.136 e. The van der Waals surface area contributed by atoms with E-state index in [2.05, 4.69) is 34.6 Å². The minimum absolute atomic E-state index is 0.0158. The van der Waals surface area contributed by atoms with Crippen molar-refractivity contribution < 1.29 is 25.2 Å². The first kappa shape index (κ1) is 25.6. The van der Waals surface area contributed by atoms with Crippen molar-refractivity contribution in [1.29, 1.82) is 0 Å². The summed E-state index contributed by atoms with van der Waals surface area (Å²) >= 11 is 0. The SMILES string of the molecule is CC(C)[C@H](C)[C@@H](O)[C@H](O)[C@@H](C)C1CC[C@H]2[C@@H]3CC(=O)[C@H]4C[C@H](O)[C@H](O)C[C@]4(C)[C@H]3CC[C@]12C. The van der Waals surface area contributed by atoms with Crippen LogP contribution in [0.1, 0.15) is 86.5 Å². The summed E-state index contributed by atoms with van der Waals surface area (Å²) in [5.41, 5.74) is -0.162. The lowest BCUT2D eigenvalue weighted by atomic mass is 9.44. The molecule has 4 aliphatic rings. The highest BCUT2D eigenvalue weighted by atomic mass is 16.3. The number of carbonyl (C=O) groups excluding carboxylic acids is 1. The Labute approximate surface area is 200 Å². The molecule has 33 heavy (non-hydrogen) atoms. The Balaban J connectivity index is 1.56. The number of aliphatic hydroxyl groups is 4. The number of Topliss-reactive ketones (excluding diaryl/α,β-unsaturated/α-hetero) is 1. The second kappa shape index (κ2) is 8.87. The summed E-state index contributed by atoms with van der Waals surface area (Å²) in [5, 5.41) is 42.8. The van der Waals surface area contributed by atoms with E-state index in [-0.39, 0.29) is 34.4 Å². The van der Waals surface area contributed by atoms with Gasteiger partial charge in [-0.2, -0.15) is 0 Å². The van der Waals surface area contributed by atoms with E-state index in [1.165, 1.54) is 0 Å². The van der Waals surface area contributed by atoms with Gasteiger partial charge in [0.15, 0.2) is 0 Å². The van der Waals surface area contributed by atoms with Crippen molar-refractivity contribution in [3.05, 3.63) is 0 Å². The van der Waals surface area contributed by atoms with Crippen molar-refractivity contribution in [2.24, 2.45) is 58.2 Å². The Kier molecular flexibility index (Phi) is 6.88. The number of carbonyl (C=O) groups is 1. The molecular formula is C28H48O5. The van der Waals surface area contributed by atoms with E-state index in [4.69, 9.17) is 0 Å². The van der Waals surface area contributed by atoms with Crippen LogP contribution in [0.25, 0.3) is 0 Å². The zero-order valence-corrected chi connectivity index (χ0v) is 21.6. The molecular weight excluding hydrogens is 416 g/mol. The van der Waals surface area contributed by atoms with Crippen LogP contribution < -0.4 is 0 Å². The highest BCUT2D eigenvalue weighted by molar-refractivity contribution is 5.83. The third kappa shape index (κ3) is 3.93. The Bertz CT molecular complexity index is 738. The van der Waals surface area contributed by atoms with Crippen molar-refractivity contribution in [2.75, 3.05) is 0 Å². The quantitative estimate of drug-likeness (QED) is 0.496. The first-order valence-corrected chi connectivity index (χ1v) is 13.6. The standard InChI is InChI=1S/C28H48O5/c1-14(2)15(3)25(32)26(33)16(4)18-7-8-19-17-11-22(29)21-12-23(30)24(31)13-28(21,6)20(17)9-10-27(18,19)5/h14-21,23-26,30-33H,7-13H2,1-6H3/t15-,16-,17-,18?,19-,20-,21+,23-,24+,25+,26+,27+,28+/m0/s1. The molecule has 5 heteroatoms. The van der Waals surface area contributed by atoms with Crippen molar-refractivity contribution in [1.82, 2.24) is 0 Å².